The molecule has 0 saturated heterocycles. The minimum Gasteiger partial charge on any atom is -0.316 e. The quantitative estimate of drug-likeness (QED) is 0.675. The molecule has 1 N–H and O–H groups in total. The van der Waals surface area contributed by atoms with Crippen molar-refractivity contribution in [2.45, 2.75) is 58.8 Å². The maximum atomic E-state index is 3.58. The first-order valence-electron chi connectivity index (χ1n) is 7.91. The molecule has 0 aromatic heterocycles. The van der Waals surface area contributed by atoms with Crippen molar-refractivity contribution in [2.75, 3.05) is 13.1 Å². The summed E-state index contributed by atoms with van der Waals surface area (Å²) in [5.74, 6) is 0.810. The van der Waals surface area contributed by atoms with Crippen molar-refractivity contribution < 1.29 is 0 Å². The average molecular weight is 261 g/mol. The summed E-state index contributed by atoms with van der Waals surface area (Å²) in [7, 11) is 0. The Hall–Kier alpha value is -0.820. The lowest BCUT2D eigenvalue weighted by atomic mass is 9.73. The summed E-state index contributed by atoms with van der Waals surface area (Å²) in [5, 5.41) is 3.58. The zero-order chi connectivity index (χ0) is 14.1. The maximum Gasteiger partial charge on any atom is 0.00751 e. The van der Waals surface area contributed by atoms with E-state index in [4.69, 9.17) is 0 Å². The number of rotatable bonds is 9. The van der Waals surface area contributed by atoms with Crippen LogP contribution in [0.1, 0.15) is 58.9 Å². The van der Waals surface area contributed by atoms with E-state index in [-0.39, 0.29) is 0 Å². The van der Waals surface area contributed by atoms with Gasteiger partial charge in [-0.15, -0.1) is 0 Å². The van der Waals surface area contributed by atoms with Gasteiger partial charge in [0.2, 0.25) is 0 Å². The van der Waals surface area contributed by atoms with Gasteiger partial charge in [-0.05, 0) is 30.9 Å². The molecule has 0 fully saturated rings. The van der Waals surface area contributed by atoms with E-state index in [9.17, 15) is 0 Å². The van der Waals surface area contributed by atoms with Crippen molar-refractivity contribution in [2.24, 2.45) is 5.92 Å². The van der Waals surface area contributed by atoms with Crippen molar-refractivity contribution in [3.8, 4) is 0 Å². The molecule has 1 heteroatoms. The molecule has 0 spiro atoms. The summed E-state index contributed by atoms with van der Waals surface area (Å²) < 4.78 is 0. The van der Waals surface area contributed by atoms with E-state index in [1.807, 2.05) is 0 Å². The summed E-state index contributed by atoms with van der Waals surface area (Å²) in [6.45, 7) is 11.3. The van der Waals surface area contributed by atoms with Crippen molar-refractivity contribution in [1.82, 2.24) is 5.32 Å². The van der Waals surface area contributed by atoms with Gasteiger partial charge >= 0.3 is 0 Å². The van der Waals surface area contributed by atoms with Crippen LogP contribution in [0.2, 0.25) is 0 Å². The third-order valence-electron chi connectivity index (χ3n) is 4.21. The number of hydrogen-bond acceptors (Lipinski definition) is 1. The van der Waals surface area contributed by atoms with E-state index in [1.165, 1.54) is 31.2 Å². The Balaban J connectivity index is 2.81. The van der Waals surface area contributed by atoms with Gasteiger partial charge in [0.1, 0.15) is 0 Å². The Morgan fingerprint density at radius 1 is 1.11 bits per heavy atom. The largest absolute Gasteiger partial charge is 0.316 e. The first-order valence-corrected chi connectivity index (χ1v) is 7.91. The lowest BCUT2D eigenvalue weighted by Crippen LogP contribution is -2.38. The molecule has 0 heterocycles. The third kappa shape index (κ3) is 4.99. The molecule has 0 aliphatic carbocycles. The van der Waals surface area contributed by atoms with Crippen LogP contribution in [-0.4, -0.2) is 13.1 Å². The van der Waals surface area contributed by atoms with E-state index >= 15 is 0 Å². The van der Waals surface area contributed by atoms with Crippen LogP contribution < -0.4 is 5.32 Å². The lowest BCUT2D eigenvalue weighted by molar-refractivity contribution is 0.335. The number of hydrogen-bond donors (Lipinski definition) is 1. The van der Waals surface area contributed by atoms with Gasteiger partial charge in [-0.2, -0.15) is 0 Å². The lowest BCUT2D eigenvalue weighted by Gasteiger charge is -2.34. The molecule has 0 saturated carbocycles. The highest BCUT2D eigenvalue weighted by Gasteiger charge is 2.29. The van der Waals surface area contributed by atoms with Gasteiger partial charge < -0.3 is 5.32 Å². The molecule has 0 aliphatic heterocycles. The van der Waals surface area contributed by atoms with Gasteiger partial charge in [0, 0.05) is 12.0 Å². The molecule has 0 aliphatic rings. The summed E-state index contributed by atoms with van der Waals surface area (Å²) >= 11 is 0. The van der Waals surface area contributed by atoms with Crippen molar-refractivity contribution in [1.29, 1.82) is 0 Å². The minimum atomic E-state index is 0.312. The molecule has 19 heavy (non-hydrogen) atoms. The zero-order valence-corrected chi connectivity index (χ0v) is 13.2. The van der Waals surface area contributed by atoms with Gasteiger partial charge in [0.25, 0.3) is 0 Å². The molecule has 1 atom stereocenters. The topological polar surface area (TPSA) is 12.0 Å². The Labute approximate surface area is 119 Å². The van der Waals surface area contributed by atoms with Crippen LogP contribution in [0.5, 0.6) is 0 Å². The number of benzene rings is 1. The monoisotopic (exact) mass is 261 g/mol. The van der Waals surface area contributed by atoms with Crippen molar-refractivity contribution in [3.05, 3.63) is 35.9 Å². The van der Waals surface area contributed by atoms with Crippen LogP contribution in [0.3, 0.4) is 0 Å². The zero-order valence-electron chi connectivity index (χ0n) is 13.2. The normalized spacial score (nSPS) is 14.6. The van der Waals surface area contributed by atoms with Crippen LogP contribution >= 0.6 is 0 Å². The molecule has 1 rings (SSSR count). The van der Waals surface area contributed by atoms with Crippen LogP contribution in [-0.2, 0) is 5.41 Å². The molecule has 1 nitrogen and oxygen atoms in total. The molecule has 1 aromatic rings. The Bertz CT molecular complexity index is 331. The van der Waals surface area contributed by atoms with E-state index in [0.717, 1.165) is 19.0 Å². The van der Waals surface area contributed by atoms with Crippen LogP contribution in [0, 0.1) is 5.92 Å². The fourth-order valence-corrected chi connectivity index (χ4v) is 2.85. The predicted molar refractivity (Wildman–Crippen MR) is 85.6 cm³/mol. The predicted octanol–water partition coefficient (Wildman–Crippen LogP) is 4.77. The molecule has 108 valence electrons. The van der Waals surface area contributed by atoms with E-state index in [1.54, 1.807) is 0 Å². The molecule has 1 unspecified atom stereocenters. The average Bonchev–Trinajstić information content (AvgIpc) is 2.43. The summed E-state index contributed by atoms with van der Waals surface area (Å²) in [6, 6.07) is 11.1. The summed E-state index contributed by atoms with van der Waals surface area (Å²) in [5.41, 5.74) is 1.81. The van der Waals surface area contributed by atoms with E-state index in [0.29, 0.717) is 5.41 Å². The van der Waals surface area contributed by atoms with Crippen LogP contribution in [0.4, 0.5) is 0 Å². The van der Waals surface area contributed by atoms with Gasteiger partial charge in [-0.3, -0.25) is 0 Å². The molecule has 0 radical (unpaired) electrons. The van der Waals surface area contributed by atoms with Gasteiger partial charge in [0.05, 0.1) is 0 Å². The van der Waals surface area contributed by atoms with Gasteiger partial charge in [-0.1, -0.05) is 70.9 Å². The highest BCUT2D eigenvalue weighted by Crippen LogP contribution is 2.33. The molecule has 1 aromatic carbocycles. The highest BCUT2D eigenvalue weighted by atomic mass is 14.9. The second kappa shape index (κ2) is 8.37. The fraction of sp³-hybridized carbons (Fsp3) is 0.667. The van der Waals surface area contributed by atoms with Crippen LogP contribution in [0.25, 0.3) is 0 Å². The molecular weight excluding hydrogens is 230 g/mol. The van der Waals surface area contributed by atoms with Gasteiger partial charge in [0.15, 0.2) is 0 Å². The first-order chi connectivity index (χ1) is 9.14. The Morgan fingerprint density at radius 3 is 2.32 bits per heavy atom. The second-order valence-corrected chi connectivity index (χ2v) is 6.07. The maximum absolute atomic E-state index is 3.58. The Kier molecular flexibility index (Phi) is 7.15. The third-order valence-corrected chi connectivity index (χ3v) is 4.21. The minimum absolute atomic E-state index is 0.312. The van der Waals surface area contributed by atoms with E-state index < -0.39 is 0 Å². The Morgan fingerprint density at radius 2 is 1.79 bits per heavy atom. The molecular formula is C18H31N. The van der Waals surface area contributed by atoms with Crippen molar-refractivity contribution in [3.63, 3.8) is 0 Å². The number of likely N-dealkylation sites (N-methyl/N-ethyl adjacent to an activating group) is 1. The van der Waals surface area contributed by atoms with Crippen LogP contribution in [0.15, 0.2) is 30.3 Å². The molecule has 0 amide bonds. The van der Waals surface area contributed by atoms with E-state index in [2.05, 4.69) is 63.3 Å². The standard InChI is InChI=1S/C18H31N/c1-5-18(15-19-6-2,14-10-11-16(3)4)17-12-8-7-9-13-17/h7-9,12-13,16,19H,5-6,10-11,14-15H2,1-4H3. The van der Waals surface area contributed by atoms with Gasteiger partial charge in [-0.25, -0.2) is 0 Å². The highest BCUT2D eigenvalue weighted by molar-refractivity contribution is 5.25. The number of nitrogens with one attached hydrogen (secondary N) is 1. The molecule has 0 bridgehead atoms. The summed E-state index contributed by atoms with van der Waals surface area (Å²) in [6.07, 6.45) is 5.16. The first kappa shape index (κ1) is 16.2. The fourth-order valence-electron chi connectivity index (χ4n) is 2.85. The van der Waals surface area contributed by atoms with Crippen molar-refractivity contribution >= 4 is 0 Å². The summed E-state index contributed by atoms with van der Waals surface area (Å²) in [4.78, 5) is 0. The smallest absolute Gasteiger partial charge is 0.00751 e. The SMILES string of the molecule is CCNCC(CC)(CCCC(C)C)c1ccccc1. The second-order valence-electron chi connectivity index (χ2n) is 6.07.